The third-order valence-electron chi connectivity index (χ3n) is 0.793. The maximum Gasteiger partial charge on any atom is 0.117 e. The van der Waals surface area contributed by atoms with E-state index in [0.29, 0.717) is 6.61 Å². The van der Waals surface area contributed by atoms with E-state index in [1.807, 2.05) is 0 Å². The van der Waals surface area contributed by atoms with Crippen LogP contribution in [0.5, 0.6) is 0 Å². The number of amidine groups is 1. The molecule has 3 heteroatoms. The second-order valence-electron chi connectivity index (χ2n) is 3.58. The van der Waals surface area contributed by atoms with Crippen LogP contribution in [0.2, 0.25) is 0 Å². The van der Waals surface area contributed by atoms with Crippen molar-refractivity contribution in [1.82, 2.24) is 0 Å². The lowest BCUT2D eigenvalue weighted by Gasteiger charge is -2.17. The summed E-state index contributed by atoms with van der Waals surface area (Å²) in [7, 11) is 0. The molecule has 0 heterocycles. The molecule has 10 heavy (non-hydrogen) atoms. The molecule has 0 aromatic carbocycles. The molecule has 0 unspecified atom stereocenters. The smallest absolute Gasteiger partial charge is 0.117 e. The van der Waals surface area contributed by atoms with Gasteiger partial charge in [-0.1, -0.05) is 20.8 Å². The highest BCUT2D eigenvalue weighted by molar-refractivity contribution is 5.78. The molecule has 0 amide bonds. The first-order chi connectivity index (χ1) is 4.42. The molecule has 0 aromatic rings. The van der Waals surface area contributed by atoms with Gasteiger partial charge in [-0.05, 0) is 5.41 Å². The van der Waals surface area contributed by atoms with Crippen LogP contribution < -0.4 is 5.73 Å². The summed E-state index contributed by atoms with van der Waals surface area (Å²) in [4.78, 5) is 0. The third kappa shape index (κ3) is 7.43. The van der Waals surface area contributed by atoms with Gasteiger partial charge in [0.05, 0.1) is 6.61 Å². The van der Waals surface area contributed by atoms with Crippen molar-refractivity contribution < 1.29 is 4.74 Å². The Morgan fingerprint density at radius 2 is 2.00 bits per heavy atom. The fraction of sp³-hybridized carbons (Fsp3) is 0.857. The molecule has 0 saturated heterocycles. The van der Waals surface area contributed by atoms with Gasteiger partial charge in [0.2, 0.25) is 0 Å². The largest absolute Gasteiger partial charge is 0.386 e. The van der Waals surface area contributed by atoms with E-state index in [-0.39, 0.29) is 17.9 Å². The number of ether oxygens (including phenoxy) is 1. The van der Waals surface area contributed by atoms with Crippen molar-refractivity contribution in [3.8, 4) is 0 Å². The van der Waals surface area contributed by atoms with E-state index in [9.17, 15) is 0 Å². The average Bonchev–Trinajstić information content (AvgIpc) is 1.59. The highest BCUT2D eigenvalue weighted by atomic mass is 16.5. The van der Waals surface area contributed by atoms with Crippen LogP contribution >= 0.6 is 0 Å². The zero-order chi connectivity index (χ0) is 8.20. The minimum Gasteiger partial charge on any atom is -0.386 e. The van der Waals surface area contributed by atoms with Crippen LogP contribution in [0.1, 0.15) is 20.8 Å². The first kappa shape index (κ1) is 9.43. The van der Waals surface area contributed by atoms with Crippen molar-refractivity contribution in [2.75, 3.05) is 13.2 Å². The summed E-state index contributed by atoms with van der Waals surface area (Å²) in [5.74, 6) is 0.0873. The Bertz CT molecular complexity index is 115. The molecule has 3 N–H and O–H groups in total. The van der Waals surface area contributed by atoms with Crippen LogP contribution in [-0.4, -0.2) is 19.0 Å². The molecule has 3 nitrogen and oxygen atoms in total. The molecule has 0 fully saturated rings. The van der Waals surface area contributed by atoms with Crippen LogP contribution in [0, 0.1) is 10.8 Å². The average molecular weight is 144 g/mol. The fourth-order valence-corrected chi connectivity index (χ4v) is 0.467. The van der Waals surface area contributed by atoms with E-state index in [2.05, 4.69) is 20.8 Å². The fourth-order valence-electron chi connectivity index (χ4n) is 0.467. The summed E-state index contributed by atoms with van der Waals surface area (Å²) in [6.07, 6.45) is 0. The normalized spacial score (nSPS) is 11.5. The lowest BCUT2D eigenvalue weighted by atomic mass is 9.99. The molecule has 0 aliphatic carbocycles. The van der Waals surface area contributed by atoms with Crippen molar-refractivity contribution in [2.24, 2.45) is 11.1 Å². The first-order valence-corrected chi connectivity index (χ1v) is 3.32. The van der Waals surface area contributed by atoms with E-state index in [4.69, 9.17) is 15.9 Å². The predicted octanol–water partition coefficient (Wildman–Crippen LogP) is 0.985. The maximum atomic E-state index is 6.85. The Hall–Kier alpha value is -0.570. The van der Waals surface area contributed by atoms with Gasteiger partial charge in [-0.2, -0.15) is 0 Å². The standard InChI is InChI=1S/C7H16N2O/c1-7(2,3)5-10-4-6(8)9/h4-5H2,1-3H3,(H3,8,9). The third-order valence-corrected chi connectivity index (χ3v) is 0.793. The summed E-state index contributed by atoms with van der Waals surface area (Å²) in [5.41, 5.74) is 5.24. The summed E-state index contributed by atoms with van der Waals surface area (Å²) in [5, 5.41) is 6.85. The lowest BCUT2D eigenvalue weighted by molar-refractivity contribution is 0.0970. The Kier molecular flexibility index (Phi) is 3.36. The lowest BCUT2D eigenvalue weighted by Crippen LogP contribution is -2.22. The number of nitrogens with two attached hydrogens (primary N) is 1. The van der Waals surface area contributed by atoms with Crippen LogP contribution in [0.4, 0.5) is 0 Å². The highest BCUT2D eigenvalue weighted by Crippen LogP contribution is 2.12. The first-order valence-electron chi connectivity index (χ1n) is 3.32. The van der Waals surface area contributed by atoms with Gasteiger partial charge in [0.25, 0.3) is 0 Å². The van der Waals surface area contributed by atoms with Gasteiger partial charge < -0.3 is 10.5 Å². The Labute approximate surface area is 62.1 Å². The summed E-state index contributed by atoms with van der Waals surface area (Å²) in [6.45, 7) is 7.12. The minimum absolute atomic E-state index is 0.0873. The second kappa shape index (κ2) is 3.56. The van der Waals surface area contributed by atoms with Gasteiger partial charge in [-0.3, -0.25) is 5.41 Å². The topological polar surface area (TPSA) is 59.1 Å². The Morgan fingerprint density at radius 1 is 1.50 bits per heavy atom. The van der Waals surface area contributed by atoms with Crippen molar-refractivity contribution in [3.05, 3.63) is 0 Å². The van der Waals surface area contributed by atoms with E-state index in [1.54, 1.807) is 0 Å². The Morgan fingerprint density at radius 3 is 2.30 bits per heavy atom. The molecule has 0 aliphatic heterocycles. The second-order valence-corrected chi connectivity index (χ2v) is 3.58. The van der Waals surface area contributed by atoms with Gasteiger partial charge in [0.1, 0.15) is 12.4 Å². The molecule has 0 aliphatic rings. The quantitative estimate of drug-likeness (QED) is 0.458. The van der Waals surface area contributed by atoms with Crippen LogP contribution in [0.3, 0.4) is 0 Å². The van der Waals surface area contributed by atoms with Gasteiger partial charge >= 0.3 is 0 Å². The van der Waals surface area contributed by atoms with E-state index < -0.39 is 0 Å². The molecule has 0 rings (SSSR count). The molecule has 0 aromatic heterocycles. The molecular weight excluding hydrogens is 128 g/mol. The molecule has 0 bridgehead atoms. The summed E-state index contributed by atoms with van der Waals surface area (Å²) < 4.78 is 5.11. The van der Waals surface area contributed by atoms with Crippen molar-refractivity contribution in [1.29, 1.82) is 5.41 Å². The number of nitrogens with one attached hydrogen (secondary N) is 1. The number of hydrogen-bond donors (Lipinski definition) is 2. The monoisotopic (exact) mass is 144 g/mol. The molecular formula is C7H16N2O. The molecule has 0 atom stereocenters. The summed E-state index contributed by atoms with van der Waals surface area (Å²) >= 11 is 0. The van der Waals surface area contributed by atoms with Crippen molar-refractivity contribution in [3.63, 3.8) is 0 Å². The van der Waals surface area contributed by atoms with Crippen molar-refractivity contribution >= 4 is 5.84 Å². The van der Waals surface area contributed by atoms with Crippen LogP contribution in [0.25, 0.3) is 0 Å². The van der Waals surface area contributed by atoms with E-state index in [1.165, 1.54) is 0 Å². The highest BCUT2D eigenvalue weighted by Gasteiger charge is 2.09. The SMILES string of the molecule is CC(C)(C)COCC(=N)N. The zero-order valence-corrected chi connectivity index (χ0v) is 6.90. The minimum atomic E-state index is 0.0873. The number of hydrogen-bond acceptors (Lipinski definition) is 2. The summed E-state index contributed by atoms with van der Waals surface area (Å²) in [6, 6.07) is 0. The van der Waals surface area contributed by atoms with Gasteiger partial charge in [0, 0.05) is 0 Å². The molecule has 0 saturated carbocycles. The van der Waals surface area contributed by atoms with Gasteiger partial charge in [0.15, 0.2) is 0 Å². The van der Waals surface area contributed by atoms with E-state index >= 15 is 0 Å². The maximum absolute atomic E-state index is 6.85. The van der Waals surface area contributed by atoms with E-state index in [0.717, 1.165) is 0 Å². The molecule has 60 valence electrons. The molecule has 0 spiro atoms. The predicted molar refractivity (Wildman–Crippen MR) is 42.2 cm³/mol. The van der Waals surface area contributed by atoms with Crippen LogP contribution in [0.15, 0.2) is 0 Å². The number of rotatable bonds is 3. The Balaban J connectivity index is 3.29. The van der Waals surface area contributed by atoms with Gasteiger partial charge in [-0.15, -0.1) is 0 Å². The van der Waals surface area contributed by atoms with Crippen molar-refractivity contribution in [2.45, 2.75) is 20.8 Å². The van der Waals surface area contributed by atoms with Crippen LogP contribution in [-0.2, 0) is 4.74 Å². The van der Waals surface area contributed by atoms with Gasteiger partial charge in [-0.25, -0.2) is 0 Å². The molecule has 0 radical (unpaired) electrons. The zero-order valence-electron chi connectivity index (χ0n) is 6.90.